The van der Waals surface area contributed by atoms with Crippen LogP contribution in [0.1, 0.15) is 34.2 Å². The summed E-state index contributed by atoms with van der Waals surface area (Å²) in [5.74, 6) is -3.91. The molecule has 9 aromatic rings. The second-order valence-corrected chi connectivity index (χ2v) is 33.7. The Morgan fingerprint density at radius 2 is 1.04 bits per heavy atom. The largest absolute Gasteiger partial charge is 0.354 e. The molecule has 0 saturated carbocycles. The van der Waals surface area contributed by atoms with Crippen LogP contribution >= 0.6 is 11.3 Å². The van der Waals surface area contributed by atoms with Crippen LogP contribution in [0.3, 0.4) is 0 Å². The number of pyridine rings is 1. The highest BCUT2D eigenvalue weighted by Gasteiger charge is 2.30. The Morgan fingerprint density at radius 3 is 1.57 bits per heavy atom. The van der Waals surface area contributed by atoms with Crippen molar-refractivity contribution in [1.82, 2.24) is 19.9 Å². The average molecular weight is 1600 g/mol. The quantitative estimate of drug-likeness (QED) is 0.00500. The van der Waals surface area contributed by atoms with E-state index in [2.05, 4.69) is 87.5 Å². The zero-order valence-corrected chi connectivity index (χ0v) is 60.7. The minimum atomic E-state index is -4.90. The normalized spacial score (nSPS) is 12.5. The van der Waals surface area contributed by atoms with Gasteiger partial charge in [0.25, 0.3) is 76.5 Å². The van der Waals surface area contributed by atoms with Gasteiger partial charge in [-0.3, -0.25) is 40.5 Å². The standard InChI is InChI=1S/C58H52N16O23S8/c1-32-45(28-59)52(62-36-13-17-41(18-14-36)102(86,87)94-2)66-53(63-37-15-19-42(20-16-37)103(88,89)95-3)51(32)71-72-54-46(29-60)50(55(98-54)73-70-39-24-43-44(48(25-39)104(90,91)96-4)26-40(74(75)76)27-49(43)105(92,93)97-5)34-9-11-38(12-10-34)64-57-67-56(61-21-6-22-99(77,78)79)68-58(69-57)65-47-23-33(30-100(80,81)82)7-8-35(47)31-101(83,84)85/h7-20,23-27H,6,21-22,30-31H2,1-5H3,(H2,62,63,66)(H,77,78,79)(H,80,81,82)(H,83,84,85)(H3,61,64,65,67,68,69). The van der Waals surface area contributed by atoms with Gasteiger partial charge in [-0.25, -0.2) is 4.98 Å². The first-order chi connectivity index (χ1) is 49.3. The molecule has 39 nitrogen and oxygen atoms in total. The summed E-state index contributed by atoms with van der Waals surface area (Å²) in [6.45, 7) is 1.27. The van der Waals surface area contributed by atoms with Gasteiger partial charge in [-0.05, 0) is 109 Å². The van der Waals surface area contributed by atoms with E-state index in [1.165, 1.54) is 85.8 Å². The Balaban J connectivity index is 1.21. The van der Waals surface area contributed by atoms with Gasteiger partial charge in [0.2, 0.25) is 17.8 Å². The number of rotatable bonds is 31. The third-order valence-corrected chi connectivity index (χ3v) is 22.8. The van der Waals surface area contributed by atoms with E-state index in [1.807, 2.05) is 0 Å². The summed E-state index contributed by atoms with van der Waals surface area (Å²) in [6, 6.07) is 26.8. The first-order valence-electron chi connectivity index (χ1n) is 29.0. The minimum Gasteiger partial charge on any atom is -0.354 e. The summed E-state index contributed by atoms with van der Waals surface area (Å²) in [7, 11) is -28.5. The molecule has 6 aromatic carbocycles. The van der Waals surface area contributed by atoms with Crippen LogP contribution in [0, 0.1) is 39.7 Å². The summed E-state index contributed by atoms with van der Waals surface area (Å²) in [6.07, 6.45) is -0.187. The number of benzene rings is 6. The van der Waals surface area contributed by atoms with E-state index in [0.29, 0.717) is 17.4 Å². The molecular weight excluding hydrogens is 1550 g/mol. The smallest absolute Gasteiger partial charge is 0.297 e. The maximum atomic E-state index is 13.6. The lowest BCUT2D eigenvalue weighted by molar-refractivity contribution is -0.384. The highest BCUT2D eigenvalue weighted by atomic mass is 32.2. The second-order valence-electron chi connectivity index (χ2n) is 21.4. The van der Waals surface area contributed by atoms with E-state index in [9.17, 15) is 93.2 Å². The summed E-state index contributed by atoms with van der Waals surface area (Å²) >= 11 is 0.637. The number of aromatic nitrogens is 4. The molecule has 0 bridgehead atoms. The van der Waals surface area contributed by atoms with Crippen LogP contribution in [-0.4, -0.2) is 138 Å². The van der Waals surface area contributed by atoms with E-state index >= 15 is 0 Å². The number of non-ortho nitro benzene ring substituents is 1. The molecule has 0 amide bonds. The molecule has 9 rings (SSSR count). The van der Waals surface area contributed by atoms with Gasteiger partial charge in [-0.1, -0.05) is 35.6 Å². The average Bonchev–Trinajstić information content (AvgIpc) is 0.892. The number of nitriles is 2. The van der Waals surface area contributed by atoms with Crippen molar-refractivity contribution in [3.05, 3.63) is 153 Å². The molecule has 3 aromatic heterocycles. The number of azo groups is 2. The molecule has 0 radical (unpaired) electrons. The second kappa shape index (κ2) is 31.4. The van der Waals surface area contributed by atoms with Crippen LogP contribution in [-0.2, 0) is 99.1 Å². The Kier molecular flexibility index (Phi) is 23.5. The predicted octanol–water partition coefficient (Wildman–Crippen LogP) is 9.72. The van der Waals surface area contributed by atoms with E-state index in [1.54, 1.807) is 0 Å². The van der Waals surface area contributed by atoms with Crippen molar-refractivity contribution in [3.8, 4) is 23.3 Å². The number of nitro groups is 1. The molecule has 47 heteroatoms. The lowest BCUT2D eigenvalue weighted by atomic mass is 10.0. The first kappa shape index (κ1) is 78.5. The van der Waals surface area contributed by atoms with Gasteiger partial charge in [0.05, 0.1) is 60.2 Å². The Hall–Kier alpha value is -10.6. The monoisotopic (exact) mass is 1600 g/mol. The van der Waals surface area contributed by atoms with Crippen molar-refractivity contribution in [2.24, 2.45) is 20.5 Å². The number of nitrogens with one attached hydrogen (secondary N) is 5. The summed E-state index contributed by atoms with van der Waals surface area (Å²) in [5, 5.41) is 64.6. The highest BCUT2D eigenvalue weighted by Crippen LogP contribution is 2.50. The van der Waals surface area contributed by atoms with Crippen LogP contribution in [0.4, 0.5) is 79.3 Å². The molecule has 0 aliphatic heterocycles. The molecule has 550 valence electrons. The van der Waals surface area contributed by atoms with Crippen LogP contribution < -0.4 is 26.6 Å². The molecule has 3 heterocycles. The van der Waals surface area contributed by atoms with E-state index < -0.39 is 131 Å². The van der Waals surface area contributed by atoms with Gasteiger partial charge in [-0.15, -0.1) is 20.5 Å². The van der Waals surface area contributed by atoms with E-state index in [0.717, 1.165) is 58.8 Å². The molecule has 0 unspecified atom stereocenters. The maximum Gasteiger partial charge on any atom is 0.297 e. The molecule has 0 fully saturated rings. The number of thiophene rings is 1. The van der Waals surface area contributed by atoms with Crippen LogP contribution in [0.25, 0.3) is 21.9 Å². The van der Waals surface area contributed by atoms with E-state index in [-0.39, 0.29) is 124 Å². The molecule has 0 aliphatic carbocycles. The molecule has 105 heavy (non-hydrogen) atoms. The third kappa shape index (κ3) is 19.4. The fraction of sp³-hybridized carbons (Fsp3) is 0.172. The van der Waals surface area contributed by atoms with Crippen molar-refractivity contribution >= 4 is 172 Å². The number of anilines is 9. The maximum absolute atomic E-state index is 13.6. The fourth-order valence-electron chi connectivity index (χ4n) is 9.60. The third-order valence-electron chi connectivity index (χ3n) is 14.4. The number of fused-ring (bicyclic) bond motifs is 1. The summed E-state index contributed by atoms with van der Waals surface area (Å²) in [5.41, 5.74) is -1.61. The zero-order valence-electron chi connectivity index (χ0n) is 54.2. The van der Waals surface area contributed by atoms with Gasteiger partial charge in [0.15, 0.2) is 16.6 Å². The zero-order chi connectivity index (χ0) is 76.8. The summed E-state index contributed by atoms with van der Waals surface area (Å²) < 4.78 is 223. The predicted molar refractivity (Wildman–Crippen MR) is 376 cm³/mol. The van der Waals surface area contributed by atoms with Crippen molar-refractivity contribution in [2.45, 2.75) is 44.4 Å². The molecule has 0 spiro atoms. The van der Waals surface area contributed by atoms with E-state index in [4.69, 9.17) is 8.37 Å². The van der Waals surface area contributed by atoms with Gasteiger partial charge in [-0.2, -0.15) is 84.4 Å². The lowest BCUT2D eigenvalue weighted by Crippen LogP contribution is -2.14. The van der Waals surface area contributed by atoms with Crippen molar-refractivity contribution in [2.75, 3.05) is 67.3 Å². The topological polar surface area (TPSA) is 588 Å². The molecule has 0 atom stereocenters. The summed E-state index contributed by atoms with van der Waals surface area (Å²) in [4.78, 5) is 26.6. The van der Waals surface area contributed by atoms with Gasteiger partial charge in [0.1, 0.15) is 49.7 Å². The Morgan fingerprint density at radius 1 is 0.533 bits per heavy atom. The van der Waals surface area contributed by atoms with Gasteiger partial charge >= 0.3 is 0 Å². The molecular formula is C58H52N16O23S8. The Bertz CT molecular complexity index is 5970. The number of nitrogens with zero attached hydrogens (tertiary/aromatic N) is 11. The molecule has 0 aliphatic rings. The molecule has 0 saturated heterocycles. The van der Waals surface area contributed by atoms with Crippen molar-refractivity contribution in [3.63, 3.8) is 0 Å². The van der Waals surface area contributed by atoms with Crippen molar-refractivity contribution in [1.29, 1.82) is 10.5 Å². The van der Waals surface area contributed by atoms with Crippen LogP contribution in [0.5, 0.6) is 0 Å². The van der Waals surface area contributed by atoms with Crippen molar-refractivity contribution < 1.29 is 94.2 Å². The first-order valence-corrected chi connectivity index (χ1v) is 40.2. The van der Waals surface area contributed by atoms with Gasteiger partial charge < -0.3 is 26.6 Å². The van der Waals surface area contributed by atoms with Gasteiger partial charge in [0, 0.05) is 63.3 Å². The number of nitro benzene ring substituents is 1. The number of hydrogen-bond acceptors (Lipinski definition) is 36. The Labute approximate surface area is 601 Å². The number of hydrogen-bond donors (Lipinski definition) is 8. The SMILES string of the molecule is COS(=O)(=O)c1ccc(Nc2nc(Nc3ccc(S(=O)(=O)OC)cc3)c(N=Nc3sc(N=Nc4cc(S(=O)(=O)OC)c5cc([N+](=O)[O-])cc(S(=O)(=O)OC)c5c4)c(-c4ccc(Nc5nc(NCCCS(=O)(=O)O)nc(Nc6cc(CS(=O)(=O)O)ccc6CS(=O)(=O)O)n5)cc4)c3C#N)c(C)c2C#N)cc1. The van der Waals surface area contributed by atoms with Crippen LogP contribution in [0.15, 0.2) is 155 Å². The fourth-order valence-corrected chi connectivity index (χ4v) is 15.4. The minimum absolute atomic E-state index is 0.0655. The van der Waals surface area contributed by atoms with Crippen LogP contribution in [0.2, 0.25) is 0 Å². The lowest BCUT2D eigenvalue weighted by Gasteiger charge is -2.16. The molecule has 8 N–H and O–H groups in total. The highest BCUT2D eigenvalue weighted by molar-refractivity contribution is 7.88.